The zero-order valence-corrected chi connectivity index (χ0v) is 9.41. The van der Waals surface area contributed by atoms with Crippen LogP contribution in [0.25, 0.3) is 0 Å². The van der Waals surface area contributed by atoms with Gasteiger partial charge in [-0.05, 0) is 18.5 Å². The predicted molar refractivity (Wildman–Crippen MR) is 63.4 cm³/mol. The zero-order valence-electron chi connectivity index (χ0n) is 8.60. The van der Waals surface area contributed by atoms with Crippen LogP contribution < -0.4 is 5.32 Å². The van der Waals surface area contributed by atoms with Gasteiger partial charge in [-0.3, -0.25) is 0 Å². The molecule has 0 aliphatic carbocycles. The summed E-state index contributed by atoms with van der Waals surface area (Å²) in [5, 5.41) is 20.7. The van der Waals surface area contributed by atoms with Gasteiger partial charge in [0.25, 0.3) is 0 Å². The summed E-state index contributed by atoms with van der Waals surface area (Å²) in [4.78, 5) is 0. The predicted octanol–water partition coefficient (Wildman–Crippen LogP) is 0.594. The molecule has 1 rings (SSSR count). The van der Waals surface area contributed by atoms with Gasteiger partial charge >= 0.3 is 0 Å². The van der Waals surface area contributed by atoms with Crippen molar-refractivity contribution in [2.75, 3.05) is 19.8 Å². The quantitative estimate of drug-likeness (QED) is 0.672. The second kappa shape index (κ2) is 8.68. The largest absolute Gasteiger partial charge is 0.395 e. The van der Waals surface area contributed by atoms with Crippen LogP contribution in [0.15, 0.2) is 30.3 Å². The summed E-state index contributed by atoms with van der Waals surface area (Å²) in [6, 6.07) is 9.93. The van der Waals surface area contributed by atoms with E-state index in [0.29, 0.717) is 0 Å². The third kappa shape index (κ3) is 5.74. The first kappa shape index (κ1) is 14.4. The summed E-state index contributed by atoms with van der Waals surface area (Å²) in [5.41, 5.74) is 1.26. The number of halogens is 1. The van der Waals surface area contributed by atoms with Crippen molar-refractivity contribution in [3.8, 4) is 0 Å². The third-order valence-corrected chi connectivity index (χ3v) is 2.13. The van der Waals surface area contributed by atoms with Gasteiger partial charge in [0.2, 0.25) is 0 Å². The van der Waals surface area contributed by atoms with Gasteiger partial charge in [0.15, 0.2) is 0 Å². The van der Waals surface area contributed by atoms with Crippen molar-refractivity contribution >= 4 is 12.4 Å². The van der Waals surface area contributed by atoms with Crippen LogP contribution in [0.5, 0.6) is 0 Å². The molecule has 0 radical (unpaired) electrons. The number of aliphatic hydroxyl groups is 2. The first-order valence-electron chi connectivity index (χ1n) is 4.86. The molecule has 0 amide bonds. The molecule has 0 bridgehead atoms. The van der Waals surface area contributed by atoms with Crippen molar-refractivity contribution in [2.24, 2.45) is 0 Å². The van der Waals surface area contributed by atoms with E-state index in [1.165, 1.54) is 5.56 Å². The van der Waals surface area contributed by atoms with E-state index in [0.717, 1.165) is 13.0 Å². The minimum atomic E-state index is -0.196. The second-order valence-corrected chi connectivity index (χ2v) is 3.25. The molecule has 0 unspecified atom stereocenters. The van der Waals surface area contributed by atoms with Crippen LogP contribution in [0.4, 0.5) is 0 Å². The van der Waals surface area contributed by atoms with Gasteiger partial charge in [0, 0.05) is 0 Å². The van der Waals surface area contributed by atoms with Crippen LogP contribution >= 0.6 is 12.4 Å². The SMILES string of the molecule is Cl.OCC(CO)NCCc1ccccc1. The van der Waals surface area contributed by atoms with E-state index < -0.39 is 0 Å². The van der Waals surface area contributed by atoms with Crippen LogP contribution in [0.3, 0.4) is 0 Å². The van der Waals surface area contributed by atoms with E-state index in [1.54, 1.807) is 0 Å². The molecule has 0 saturated heterocycles. The highest BCUT2D eigenvalue weighted by atomic mass is 35.5. The Labute approximate surface area is 96.5 Å². The fourth-order valence-electron chi connectivity index (χ4n) is 1.25. The lowest BCUT2D eigenvalue weighted by Gasteiger charge is -2.12. The van der Waals surface area contributed by atoms with E-state index in [1.807, 2.05) is 18.2 Å². The van der Waals surface area contributed by atoms with Gasteiger partial charge in [-0.1, -0.05) is 30.3 Å². The Balaban J connectivity index is 0.00000196. The standard InChI is InChI=1S/C11H17NO2.ClH/c13-8-11(9-14)12-7-6-10-4-2-1-3-5-10;/h1-5,11-14H,6-9H2;1H. The molecule has 4 heteroatoms. The minimum absolute atomic E-state index is 0. The normalized spacial score (nSPS) is 10.1. The van der Waals surface area contributed by atoms with Crippen LogP contribution in [0, 0.1) is 0 Å². The number of hydrogen-bond donors (Lipinski definition) is 3. The summed E-state index contributed by atoms with van der Waals surface area (Å²) in [7, 11) is 0. The van der Waals surface area contributed by atoms with E-state index in [-0.39, 0.29) is 31.7 Å². The lowest BCUT2D eigenvalue weighted by molar-refractivity contribution is 0.171. The van der Waals surface area contributed by atoms with E-state index >= 15 is 0 Å². The molecular weight excluding hydrogens is 214 g/mol. The van der Waals surface area contributed by atoms with E-state index in [9.17, 15) is 0 Å². The molecule has 0 atom stereocenters. The molecule has 0 saturated carbocycles. The van der Waals surface area contributed by atoms with Crippen molar-refractivity contribution in [2.45, 2.75) is 12.5 Å². The maximum absolute atomic E-state index is 8.80. The van der Waals surface area contributed by atoms with Crippen molar-refractivity contribution in [3.63, 3.8) is 0 Å². The minimum Gasteiger partial charge on any atom is -0.395 e. The van der Waals surface area contributed by atoms with Gasteiger partial charge in [-0.2, -0.15) is 0 Å². The van der Waals surface area contributed by atoms with Gasteiger partial charge in [0.1, 0.15) is 0 Å². The molecule has 1 aromatic carbocycles. The number of nitrogens with one attached hydrogen (secondary N) is 1. The molecule has 0 heterocycles. The van der Waals surface area contributed by atoms with Crippen LogP contribution in [-0.2, 0) is 6.42 Å². The van der Waals surface area contributed by atoms with Crippen LogP contribution in [0.1, 0.15) is 5.56 Å². The summed E-state index contributed by atoms with van der Waals surface area (Å²) >= 11 is 0. The van der Waals surface area contributed by atoms with Gasteiger partial charge in [0.05, 0.1) is 19.3 Å². The van der Waals surface area contributed by atoms with Gasteiger partial charge in [-0.25, -0.2) is 0 Å². The highest BCUT2D eigenvalue weighted by Gasteiger charge is 2.02. The molecule has 0 spiro atoms. The van der Waals surface area contributed by atoms with E-state index in [4.69, 9.17) is 10.2 Å². The highest BCUT2D eigenvalue weighted by Crippen LogP contribution is 1.98. The Morgan fingerprint density at radius 3 is 2.20 bits per heavy atom. The summed E-state index contributed by atoms with van der Waals surface area (Å²) < 4.78 is 0. The zero-order chi connectivity index (χ0) is 10.2. The smallest absolute Gasteiger partial charge is 0.0607 e. The average molecular weight is 232 g/mol. The Morgan fingerprint density at radius 2 is 1.67 bits per heavy atom. The van der Waals surface area contributed by atoms with Crippen molar-refractivity contribution in [1.29, 1.82) is 0 Å². The molecule has 86 valence electrons. The maximum atomic E-state index is 8.80. The van der Waals surface area contributed by atoms with Gasteiger partial charge in [-0.15, -0.1) is 12.4 Å². The number of aliphatic hydroxyl groups excluding tert-OH is 2. The topological polar surface area (TPSA) is 52.5 Å². The lowest BCUT2D eigenvalue weighted by Crippen LogP contribution is -2.36. The fraction of sp³-hybridized carbons (Fsp3) is 0.455. The van der Waals surface area contributed by atoms with Crippen LogP contribution in [0.2, 0.25) is 0 Å². The number of hydrogen-bond acceptors (Lipinski definition) is 3. The second-order valence-electron chi connectivity index (χ2n) is 3.25. The summed E-state index contributed by atoms with van der Waals surface area (Å²) in [6.07, 6.45) is 0.914. The molecule has 3 nitrogen and oxygen atoms in total. The van der Waals surface area contributed by atoms with Gasteiger partial charge < -0.3 is 15.5 Å². The Bertz CT molecular complexity index is 240. The molecule has 0 fully saturated rings. The van der Waals surface area contributed by atoms with E-state index in [2.05, 4.69) is 17.4 Å². The molecule has 3 N–H and O–H groups in total. The molecule has 15 heavy (non-hydrogen) atoms. The lowest BCUT2D eigenvalue weighted by atomic mass is 10.1. The third-order valence-electron chi connectivity index (χ3n) is 2.13. The average Bonchev–Trinajstić information content (AvgIpc) is 2.26. The maximum Gasteiger partial charge on any atom is 0.0607 e. The van der Waals surface area contributed by atoms with Crippen molar-refractivity contribution in [3.05, 3.63) is 35.9 Å². The first-order chi connectivity index (χ1) is 6.86. The van der Waals surface area contributed by atoms with Crippen molar-refractivity contribution < 1.29 is 10.2 Å². The Hall–Kier alpha value is -0.610. The summed E-state index contributed by atoms with van der Waals surface area (Å²) in [6.45, 7) is 0.729. The molecule has 1 aromatic rings. The Kier molecular flexibility index (Phi) is 8.33. The fourth-order valence-corrected chi connectivity index (χ4v) is 1.25. The van der Waals surface area contributed by atoms with Crippen LogP contribution in [-0.4, -0.2) is 36.0 Å². The summed E-state index contributed by atoms with van der Waals surface area (Å²) in [5.74, 6) is 0. The first-order valence-corrected chi connectivity index (χ1v) is 4.86. The molecule has 0 aliphatic heterocycles. The molecule has 0 aromatic heterocycles. The number of rotatable bonds is 6. The number of benzene rings is 1. The molecule has 0 aliphatic rings. The molecular formula is C11H18ClNO2. The monoisotopic (exact) mass is 231 g/mol. The highest BCUT2D eigenvalue weighted by molar-refractivity contribution is 5.85. The Morgan fingerprint density at radius 1 is 1.07 bits per heavy atom. The van der Waals surface area contributed by atoms with Crippen molar-refractivity contribution in [1.82, 2.24) is 5.32 Å².